The second-order valence-corrected chi connectivity index (χ2v) is 5.69. The monoisotopic (exact) mass is 283 g/mol. The van der Waals surface area contributed by atoms with E-state index in [1.165, 1.54) is 24.6 Å². The Bertz CT molecular complexity index is 426. The molecule has 0 radical (unpaired) electrons. The topological polar surface area (TPSA) is 77.0 Å². The van der Waals surface area contributed by atoms with Crippen LogP contribution >= 0.6 is 11.8 Å². The third-order valence-electron chi connectivity index (χ3n) is 3.39. The number of nitrogens with zero attached hydrogens (tertiary/aromatic N) is 4. The molecule has 1 aliphatic rings. The van der Waals surface area contributed by atoms with Crippen LogP contribution in [0, 0.1) is 0 Å². The van der Waals surface area contributed by atoms with Gasteiger partial charge in [0.25, 0.3) is 0 Å². The number of hydrogen-bond acceptors (Lipinski definition) is 5. The summed E-state index contributed by atoms with van der Waals surface area (Å²) in [4.78, 5) is 14.1. The second kappa shape index (κ2) is 6.91. The van der Waals surface area contributed by atoms with Crippen LogP contribution in [-0.2, 0) is 18.4 Å². The van der Waals surface area contributed by atoms with Crippen molar-refractivity contribution in [3.8, 4) is 0 Å². The zero-order valence-electron chi connectivity index (χ0n) is 11.3. The van der Waals surface area contributed by atoms with E-state index >= 15 is 0 Å². The first-order chi connectivity index (χ1) is 9.22. The number of hydrogen-bond donors (Lipinski definition) is 1. The Kier molecular flexibility index (Phi) is 5.21. The molecule has 106 valence electrons. The van der Waals surface area contributed by atoms with Gasteiger partial charge in [-0.1, -0.05) is 24.6 Å². The number of carbonyl (C=O) groups excluding carboxylic acids is 1. The van der Waals surface area contributed by atoms with E-state index in [2.05, 4.69) is 10.2 Å². The lowest BCUT2D eigenvalue weighted by molar-refractivity contribution is -0.128. The van der Waals surface area contributed by atoms with Gasteiger partial charge >= 0.3 is 0 Å². The Balaban J connectivity index is 1.86. The number of carbonyl (C=O) groups is 1. The molecule has 2 N–H and O–H groups in total. The first-order valence-electron chi connectivity index (χ1n) is 6.71. The summed E-state index contributed by atoms with van der Waals surface area (Å²) in [6.07, 6.45) is 4.72. The quantitative estimate of drug-likeness (QED) is 0.826. The van der Waals surface area contributed by atoms with Crippen LogP contribution < -0.4 is 5.73 Å². The van der Waals surface area contributed by atoms with Gasteiger partial charge in [0.05, 0.1) is 12.3 Å². The van der Waals surface area contributed by atoms with Gasteiger partial charge in [-0.15, -0.1) is 10.2 Å². The molecule has 0 aliphatic carbocycles. The summed E-state index contributed by atoms with van der Waals surface area (Å²) >= 11 is 1.43. The van der Waals surface area contributed by atoms with E-state index in [9.17, 15) is 4.79 Å². The van der Waals surface area contributed by atoms with Gasteiger partial charge in [-0.3, -0.25) is 4.79 Å². The summed E-state index contributed by atoms with van der Waals surface area (Å²) in [6, 6.07) is 0. The van der Waals surface area contributed by atoms with Crippen molar-refractivity contribution in [2.45, 2.75) is 37.4 Å². The molecule has 2 rings (SSSR count). The second-order valence-electron chi connectivity index (χ2n) is 4.75. The normalized spacial score (nSPS) is 16.4. The Morgan fingerprint density at radius 1 is 1.26 bits per heavy atom. The van der Waals surface area contributed by atoms with Crippen molar-refractivity contribution in [1.29, 1.82) is 0 Å². The number of nitrogens with two attached hydrogens (primary N) is 1. The van der Waals surface area contributed by atoms with Crippen LogP contribution in [0.25, 0.3) is 0 Å². The standard InChI is InChI=1S/C12H21N5OS/c1-16-10(8-13)14-15-12(16)19-9-11(18)17-6-4-2-3-5-7-17/h2-9,13H2,1H3. The van der Waals surface area contributed by atoms with Crippen LogP contribution in [0.2, 0.25) is 0 Å². The van der Waals surface area contributed by atoms with E-state index in [0.717, 1.165) is 36.9 Å². The SMILES string of the molecule is Cn1c(CN)nnc1SCC(=O)N1CCCCCC1. The molecule has 0 aromatic carbocycles. The molecule has 7 heteroatoms. The zero-order valence-corrected chi connectivity index (χ0v) is 12.2. The lowest BCUT2D eigenvalue weighted by Gasteiger charge is -2.19. The number of likely N-dealkylation sites (tertiary alicyclic amines) is 1. The Hall–Kier alpha value is -1.08. The van der Waals surface area contributed by atoms with Crippen LogP contribution in [0.5, 0.6) is 0 Å². The minimum atomic E-state index is 0.198. The van der Waals surface area contributed by atoms with Gasteiger partial charge in [-0.25, -0.2) is 0 Å². The molecule has 0 bridgehead atoms. The van der Waals surface area contributed by atoms with Crippen molar-refractivity contribution in [2.75, 3.05) is 18.8 Å². The molecule has 1 aromatic rings. The largest absolute Gasteiger partial charge is 0.342 e. The molecular weight excluding hydrogens is 262 g/mol. The van der Waals surface area contributed by atoms with Crippen LogP contribution in [0.4, 0.5) is 0 Å². The summed E-state index contributed by atoms with van der Waals surface area (Å²) in [5.41, 5.74) is 5.55. The third-order valence-corrected chi connectivity index (χ3v) is 4.40. The van der Waals surface area contributed by atoms with Crippen LogP contribution in [-0.4, -0.2) is 44.4 Å². The molecule has 2 heterocycles. The Morgan fingerprint density at radius 3 is 2.53 bits per heavy atom. The minimum Gasteiger partial charge on any atom is -0.342 e. The average Bonchev–Trinajstić information content (AvgIpc) is 2.64. The third kappa shape index (κ3) is 3.70. The molecule has 0 unspecified atom stereocenters. The summed E-state index contributed by atoms with van der Waals surface area (Å²) in [5.74, 6) is 1.37. The van der Waals surface area contributed by atoms with Gasteiger partial charge in [-0.05, 0) is 12.8 Å². The maximum absolute atomic E-state index is 12.1. The summed E-state index contributed by atoms with van der Waals surface area (Å²) in [6.45, 7) is 2.16. The molecule has 0 spiro atoms. The van der Waals surface area contributed by atoms with E-state index in [1.54, 1.807) is 0 Å². The lowest BCUT2D eigenvalue weighted by atomic mass is 10.2. The predicted octanol–water partition coefficient (Wildman–Crippen LogP) is 0.768. The van der Waals surface area contributed by atoms with Crippen LogP contribution in [0.15, 0.2) is 5.16 Å². The maximum atomic E-state index is 12.1. The van der Waals surface area contributed by atoms with E-state index < -0.39 is 0 Å². The van der Waals surface area contributed by atoms with Crippen molar-refractivity contribution in [1.82, 2.24) is 19.7 Å². The van der Waals surface area contributed by atoms with Gasteiger partial charge in [0.2, 0.25) is 5.91 Å². The van der Waals surface area contributed by atoms with Crippen molar-refractivity contribution >= 4 is 17.7 Å². The smallest absolute Gasteiger partial charge is 0.233 e. The summed E-state index contributed by atoms with van der Waals surface area (Å²) < 4.78 is 1.85. The molecule has 1 amide bonds. The van der Waals surface area contributed by atoms with Crippen molar-refractivity contribution in [3.05, 3.63) is 5.82 Å². The number of thioether (sulfide) groups is 1. The van der Waals surface area contributed by atoms with Gasteiger partial charge in [-0.2, -0.15) is 0 Å². The lowest BCUT2D eigenvalue weighted by Crippen LogP contribution is -2.33. The van der Waals surface area contributed by atoms with E-state index in [0.29, 0.717) is 12.3 Å². The van der Waals surface area contributed by atoms with Gasteiger partial charge < -0.3 is 15.2 Å². The molecule has 1 saturated heterocycles. The average molecular weight is 283 g/mol. The first-order valence-corrected chi connectivity index (χ1v) is 7.70. The summed E-state index contributed by atoms with van der Waals surface area (Å²) in [7, 11) is 1.88. The number of amides is 1. The predicted molar refractivity (Wildman–Crippen MR) is 74.7 cm³/mol. The number of aromatic nitrogens is 3. The zero-order chi connectivity index (χ0) is 13.7. The highest BCUT2D eigenvalue weighted by Gasteiger charge is 2.17. The Morgan fingerprint density at radius 2 is 1.95 bits per heavy atom. The van der Waals surface area contributed by atoms with Crippen LogP contribution in [0.3, 0.4) is 0 Å². The van der Waals surface area contributed by atoms with Crippen LogP contribution in [0.1, 0.15) is 31.5 Å². The first kappa shape index (κ1) is 14.3. The molecule has 0 atom stereocenters. The van der Waals surface area contributed by atoms with Crippen molar-refractivity contribution in [3.63, 3.8) is 0 Å². The van der Waals surface area contributed by atoms with E-state index in [4.69, 9.17) is 5.73 Å². The molecule has 1 fully saturated rings. The van der Waals surface area contributed by atoms with E-state index in [-0.39, 0.29) is 5.91 Å². The minimum absolute atomic E-state index is 0.198. The molecule has 19 heavy (non-hydrogen) atoms. The maximum Gasteiger partial charge on any atom is 0.233 e. The van der Waals surface area contributed by atoms with Crippen molar-refractivity contribution < 1.29 is 4.79 Å². The Labute approximate surface area is 117 Å². The highest BCUT2D eigenvalue weighted by atomic mass is 32.2. The van der Waals surface area contributed by atoms with E-state index in [1.807, 2.05) is 16.5 Å². The highest BCUT2D eigenvalue weighted by Crippen LogP contribution is 2.17. The summed E-state index contributed by atoms with van der Waals surface area (Å²) in [5, 5.41) is 8.78. The molecule has 1 aliphatic heterocycles. The fraction of sp³-hybridized carbons (Fsp3) is 0.750. The fourth-order valence-corrected chi connectivity index (χ4v) is 3.02. The number of rotatable bonds is 4. The van der Waals surface area contributed by atoms with Gasteiger partial charge in [0.1, 0.15) is 5.82 Å². The van der Waals surface area contributed by atoms with Crippen molar-refractivity contribution in [2.24, 2.45) is 12.8 Å². The fourth-order valence-electron chi connectivity index (χ4n) is 2.19. The molecule has 1 aromatic heterocycles. The highest BCUT2D eigenvalue weighted by molar-refractivity contribution is 7.99. The van der Waals surface area contributed by atoms with Gasteiger partial charge in [0.15, 0.2) is 5.16 Å². The molecule has 0 saturated carbocycles. The van der Waals surface area contributed by atoms with Gasteiger partial charge in [0, 0.05) is 20.1 Å². The molecule has 6 nitrogen and oxygen atoms in total. The molecular formula is C12H21N5OS.